The molecule has 0 saturated carbocycles. The van der Waals surface area contributed by atoms with Gasteiger partial charge in [-0.15, -0.1) is 0 Å². The van der Waals surface area contributed by atoms with E-state index in [4.69, 9.17) is 15.2 Å². The monoisotopic (exact) mass is 238 g/mol. The van der Waals surface area contributed by atoms with Crippen LogP contribution in [0.25, 0.3) is 0 Å². The van der Waals surface area contributed by atoms with Gasteiger partial charge in [0.1, 0.15) is 6.61 Å². The zero-order valence-corrected chi connectivity index (χ0v) is 11.1. The predicted molar refractivity (Wildman–Crippen MR) is 68.0 cm³/mol. The van der Waals surface area contributed by atoms with Crippen LogP contribution in [0.4, 0.5) is 0 Å². The standard InChI is InChI=1S/C13H22N2O2/c1-10(14)11-5-6-12(15-9-11)16-7-8-17-13(2,3)4/h5-6,9-10H,7-8,14H2,1-4H3. The largest absolute Gasteiger partial charge is 0.475 e. The molecule has 1 aromatic heterocycles. The number of hydrogen-bond acceptors (Lipinski definition) is 4. The van der Waals surface area contributed by atoms with Gasteiger partial charge < -0.3 is 15.2 Å². The normalized spacial score (nSPS) is 13.5. The number of pyridine rings is 1. The summed E-state index contributed by atoms with van der Waals surface area (Å²) in [6, 6.07) is 3.76. The fraction of sp³-hybridized carbons (Fsp3) is 0.615. The van der Waals surface area contributed by atoms with Gasteiger partial charge in [0.25, 0.3) is 0 Å². The topological polar surface area (TPSA) is 57.4 Å². The van der Waals surface area contributed by atoms with Crippen molar-refractivity contribution in [3.63, 3.8) is 0 Å². The summed E-state index contributed by atoms with van der Waals surface area (Å²) in [6.45, 7) is 9.03. The Morgan fingerprint density at radius 1 is 1.29 bits per heavy atom. The number of nitrogens with zero attached hydrogens (tertiary/aromatic N) is 1. The van der Waals surface area contributed by atoms with E-state index in [0.717, 1.165) is 5.56 Å². The Hall–Kier alpha value is -1.13. The summed E-state index contributed by atoms with van der Waals surface area (Å²) in [5.41, 5.74) is 6.61. The number of ether oxygens (including phenoxy) is 2. The number of rotatable bonds is 5. The van der Waals surface area contributed by atoms with Crippen molar-refractivity contribution in [1.82, 2.24) is 4.98 Å². The molecule has 0 aliphatic rings. The van der Waals surface area contributed by atoms with Gasteiger partial charge in [-0.05, 0) is 33.3 Å². The van der Waals surface area contributed by atoms with Crippen molar-refractivity contribution in [2.45, 2.75) is 39.3 Å². The van der Waals surface area contributed by atoms with Gasteiger partial charge in [-0.3, -0.25) is 0 Å². The zero-order chi connectivity index (χ0) is 12.9. The fourth-order valence-corrected chi connectivity index (χ4v) is 1.24. The van der Waals surface area contributed by atoms with E-state index >= 15 is 0 Å². The molecule has 96 valence electrons. The highest BCUT2D eigenvalue weighted by atomic mass is 16.5. The third kappa shape index (κ3) is 5.65. The molecule has 0 radical (unpaired) electrons. The molecule has 4 nitrogen and oxygen atoms in total. The average Bonchev–Trinajstić information content (AvgIpc) is 2.24. The maximum absolute atomic E-state index is 5.73. The van der Waals surface area contributed by atoms with Gasteiger partial charge in [0.2, 0.25) is 5.88 Å². The molecule has 0 aromatic carbocycles. The van der Waals surface area contributed by atoms with Crippen LogP contribution in [-0.4, -0.2) is 23.8 Å². The van der Waals surface area contributed by atoms with Crippen molar-refractivity contribution in [3.8, 4) is 5.88 Å². The third-order valence-corrected chi connectivity index (χ3v) is 2.15. The average molecular weight is 238 g/mol. The highest BCUT2D eigenvalue weighted by Crippen LogP contribution is 2.12. The molecule has 0 spiro atoms. The van der Waals surface area contributed by atoms with E-state index in [2.05, 4.69) is 4.98 Å². The molecule has 1 atom stereocenters. The molecule has 0 saturated heterocycles. The fourth-order valence-electron chi connectivity index (χ4n) is 1.24. The van der Waals surface area contributed by atoms with E-state index in [1.165, 1.54) is 0 Å². The minimum absolute atomic E-state index is 0.000717. The number of aromatic nitrogens is 1. The highest BCUT2D eigenvalue weighted by Gasteiger charge is 2.09. The van der Waals surface area contributed by atoms with Crippen LogP contribution in [-0.2, 0) is 4.74 Å². The maximum atomic E-state index is 5.73. The lowest BCUT2D eigenvalue weighted by molar-refractivity contribution is -0.0168. The molecule has 17 heavy (non-hydrogen) atoms. The van der Waals surface area contributed by atoms with Crippen molar-refractivity contribution < 1.29 is 9.47 Å². The van der Waals surface area contributed by atoms with Gasteiger partial charge in [0.15, 0.2) is 0 Å². The summed E-state index contributed by atoms with van der Waals surface area (Å²) in [7, 11) is 0. The first-order chi connectivity index (χ1) is 7.88. The van der Waals surface area contributed by atoms with Crippen molar-refractivity contribution in [1.29, 1.82) is 0 Å². The smallest absolute Gasteiger partial charge is 0.213 e. The summed E-state index contributed by atoms with van der Waals surface area (Å²) in [4.78, 5) is 4.18. The second-order valence-electron chi connectivity index (χ2n) is 5.03. The predicted octanol–water partition coefficient (Wildman–Crippen LogP) is 2.30. The molecule has 1 unspecified atom stereocenters. The molecule has 1 heterocycles. The van der Waals surface area contributed by atoms with E-state index in [1.807, 2.05) is 39.8 Å². The molecule has 4 heteroatoms. The van der Waals surface area contributed by atoms with Gasteiger partial charge in [-0.25, -0.2) is 4.98 Å². The molecule has 0 fully saturated rings. The first kappa shape index (κ1) is 13.9. The molecule has 0 amide bonds. The lowest BCUT2D eigenvalue weighted by Gasteiger charge is -2.19. The number of hydrogen-bond donors (Lipinski definition) is 1. The summed E-state index contributed by atoms with van der Waals surface area (Å²) in [5, 5.41) is 0. The van der Waals surface area contributed by atoms with Crippen molar-refractivity contribution >= 4 is 0 Å². The van der Waals surface area contributed by atoms with Crippen LogP contribution < -0.4 is 10.5 Å². The Kier molecular flexibility index (Phi) is 4.90. The number of nitrogens with two attached hydrogens (primary N) is 1. The van der Waals surface area contributed by atoms with Gasteiger partial charge in [0.05, 0.1) is 12.2 Å². The molecular formula is C13H22N2O2. The second kappa shape index (κ2) is 5.98. The van der Waals surface area contributed by atoms with Gasteiger partial charge in [0, 0.05) is 18.3 Å². The van der Waals surface area contributed by atoms with Crippen LogP contribution in [0.2, 0.25) is 0 Å². The van der Waals surface area contributed by atoms with Gasteiger partial charge >= 0.3 is 0 Å². The zero-order valence-electron chi connectivity index (χ0n) is 11.1. The molecule has 1 aromatic rings. The van der Waals surface area contributed by atoms with E-state index in [9.17, 15) is 0 Å². The van der Waals surface area contributed by atoms with Gasteiger partial charge in [-0.2, -0.15) is 0 Å². The lowest BCUT2D eigenvalue weighted by atomic mass is 10.2. The Labute approximate surface area is 103 Å². The second-order valence-corrected chi connectivity index (χ2v) is 5.03. The Morgan fingerprint density at radius 2 is 2.00 bits per heavy atom. The van der Waals surface area contributed by atoms with E-state index < -0.39 is 0 Å². The molecule has 1 rings (SSSR count). The van der Waals surface area contributed by atoms with Crippen molar-refractivity contribution in [2.24, 2.45) is 5.73 Å². The Balaban J connectivity index is 2.33. The quantitative estimate of drug-likeness (QED) is 0.800. The Morgan fingerprint density at radius 3 is 2.47 bits per heavy atom. The van der Waals surface area contributed by atoms with E-state index in [1.54, 1.807) is 6.20 Å². The van der Waals surface area contributed by atoms with E-state index in [-0.39, 0.29) is 11.6 Å². The van der Waals surface area contributed by atoms with Crippen LogP contribution in [0.3, 0.4) is 0 Å². The summed E-state index contributed by atoms with van der Waals surface area (Å²) in [6.07, 6.45) is 1.74. The highest BCUT2D eigenvalue weighted by molar-refractivity contribution is 5.19. The van der Waals surface area contributed by atoms with Crippen LogP contribution >= 0.6 is 0 Å². The van der Waals surface area contributed by atoms with Crippen molar-refractivity contribution in [2.75, 3.05) is 13.2 Å². The molecule has 0 bridgehead atoms. The summed E-state index contributed by atoms with van der Waals surface area (Å²) >= 11 is 0. The van der Waals surface area contributed by atoms with Crippen molar-refractivity contribution in [3.05, 3.63) is 23.9 Å². The minimum atomic E-state index is -0.129. The van der Waals surface area contributed by atoms with Crippen LogP contribution in [0.1, 0.15) is 39.3 Å². The van der Waals surface area contributed by atoms with Crippen LogP contribution in [0, 0.1) is 0 Å². The first-order valence-corrected chi connectivity index (χ1v) is 5.87. The molecule has 2 N–H and O–H groups in total. The summed E-state index contributed by atoms with van der Waals surface area (Å²) < 4.78 is 11.0. The lowest BCUT2D eigenvalue weighted by Crippen LogP contribution is -2.22. The third-order valence-electron chi connectivity index (χ3n) is 2.15. The SMILES string of the molecule is CC(N)c1ccc(OCCOC(C)(C)C)nc1. The molecule has 0 aliphatic carbocycles. The van der Waals surface area contributed by atoms with E-state index in [0.29, 0.717) is 19.1 Å². The first-order valence-electron chi connectivity index (χ1n) is 5.87. The maximum Gasteiger partial charge on any atom is 0.213 e. The molecule has 0 aliphatic heterocycles. The van der Waals surface area contributed by atoms with Gasteiger partial charge in [-0.1, -0.05) is 6.07 Å². The Bertz CT molecular complexity index is 328. The summed E-state index contributed by atoms with van der Waals surface area (Å²) in [5.74, 6) is 0.604. The minimum Gasteiger partial charge on any atom is -0.475 e. The van der Waals surface area contributed by atoms with Crippen LogP contribution in [0.5, 0.6) is 5.88 Å². The van der Waals surface area contributed by atoms with Crippen LogP contribution in [0.15, 0.2) is 18.3 Å². The molecular weight excluding hydrogens is 216 g/mol.